The average Bonchev–Trinajstić information content (AvgIpc) is 2.19. The summed E-state index contributed by atoms with van der Waals surface area (Å²) in [6.07, 6.45) is 1.40. The zero-order valence-electron chi connectivity index (χ0n) is 7.15. The molecule has 1 saturated heterocycles. The lowest BCUT2D eigenvalue weighted by molar-refractivity contribution is 0.277. The zero-order chi connectivity index (χ0) is 10.7. The molecule has 0 amide bonds. The third kappa shape index (κ3) is 2.47. The van der Waals surface area contributed by atoms with Crippen LogP contribution in [0.4, 0.5) is 5.69 Å². The number of hydrogen-bond donors (Lipinski definition) is 0. The quantitative estimate of drug-likeness (QED) is 0.353. The third-order valence-corrected chi connectivity index (χ3v) is 3.85. The highest BCUT2D eigenvalue weighted by Gasteiger charge is 2.40. The van der Waals surface area contributed by atoms with Gasteiger partial charge in [-0.3, -0.25) is 0 Å². The van der Waals surface area contributed by atoms with E-state index in [1.54, 1.807) is 0 Å². The van der Waals surface area contributed by atoms with Gasteiger partial charge in [-0.05, 0) is 24.3 Å². The molecule has 1 aromatic carbocycles. The van der Waals surface area contributed by atoms with Crippen molar-refractivity contribution in [3.63, 3.8) is 0 Å². The highest BCUT2D eigenvalue weighted by Crippen LogP contribution is 2.64. The van der Waals surface area contributed by atoms with E-state index in [2.05, 4.69) is 12.9 Å². The Kier molecular flexibility index (Phi) is 2.90. The van der Waals surface area contributed by atoms with E-state index in [9.17, 15) is 9.36 Å². The highest BCUT2D eigenvalue weighted by molar-refractivity contribution is 8.02. The Morgan fingerprint density at radius 1 is 1.33 bits per heavy atom. The molecule has 6 nitrogen and oxygen atoms in total. The minimum atomic E-state index is -3.39. The predicted octanol–water partition coefficient (Wildman–Crippen LogP) is 2.75. The monoisotopic (exact) mass is 245 g/mol. The number of isocyanates is 1. The number of carbonyl (C=O) groups excluding carboxylic acids is 1. The third-order valence-electron chi connectivity index (χ3n) is 1.47. The van der Waals surface area contributed by atoms with Crippen molar-refractivity contribution in [3.05, 3.63) is 24.3 Å². The minimum absolute atomic E-state index is 0.309. The highest BCUT2D eigenvalue weighted by atomic mass is 32.2. The molecule has 0 unspecified atom stereocenters. The zero-order valence-corrected chi connectivity index (χ0v) is 8.86. The Morgan fingerprint density at radius 3 is 2.47 bits per heavy atom. The van der Waals surface area contributed by atoms with Gasteiger partial charge in [0.2, 0.25) is 6.08 Å². The molecule has 78 valence electrons. The van der Waals surface area contributed by atoms with Gasteiger partial charge in [0.15, 0.2) is 12.3 Å². The molecule has 8 heteroatoms. The van der Waals surface area contributed by atoms with E-state index in [0.717, 1.165) is 0 Å². The molecule has 0 aliphatic carbocycles. The van der Waals surface area contributed by atoms with Gasteiger partial charge in [0, 0.05) is 0 Å². The van der Waals surface area contributed by atoms with Crippen molar-refractivity contribution in [1.29, 1.82) is 0 Å². The molecule has 1 aliphatic heterocycles. The fraction of sp³-hybridized carbons (Fsp3) is 0. The molecule has 1 aromatic rings. The van der Waals surface area contributed by atoms with Gasteiger partial charge in [0.25, 0.3) is 0 Å². The molecule has 1 aliphatic rings. The summed E-state index contributed by atoms with van der Waals surface area (Å²) in [6.45, 7) is 0. The first kappa shape index (κ1) is 10.4. The van der Waals surface area contributed by atoms with E-state index in [4.69, 9.17) is 4.52 Å². The van der Waals surface area contributed by atoms with Crippen LogP contribution < -0.4 is 4.52 Å². The lowest BCUT2D eigenvalue weighted by Crippen LogP contribution is -2.02. The molecule has 2 rings (SSSR count). The molecule has 1 fully saturated rings. The second-order valence-corrected chi connectivity index (χ2v) is 4.86. The van der Waals surface area contributed by atoms with Crippen LogP contribution in [-0.4, -0.2) is 6.08 Å². The Bertz CT molecular complexity index is 447. The van der Waals surface area contributed by atoms with E-state index >= 15 is 0 Å². The van der Waals surface area contributed by atoms with Gasteiger partial charge in [-0.15, -0.1) is 0 Å². The van der Waals surface area contributed by atoms with Crippen LogP contribution in [0.2, 0.25) is 0 Å². The van der Waals surface area contributed by atoms with Crippen LogP contribution >= 0.6 is 20.1 Å². The number of aliphatic imine (C=N–C) groups is 1. The van der Waals surface area contributed by atoms with E-state index in [-0.39, 0.29) is 0 Å². The van der Waals surface area contributed by atoms with Gasteiger partial charge in [0.1, 0.15) is 5.75 Å². The first-order valence-corrected chi connectivity index (χ1v) is 5.87. The van der Waals surface area contributed by atoms with Crippen molar-refractivity contribution < 1.29 is 21.8 Å². The van der Waals surface area contributed by atoms with Crippen molar-refractivity contribution in [2.75, 3.05) is 0 Å². The fourth-order valence-electron chi connectivity index (χ4n) is 0.874. The summed E-state index contributed by atoms with van der Waals surface area (Å²) in [5.41, 5.74) is 0.431. The molecule has 0 radical (unpaired) electrons. The molecule has 0 N–H and O–H groups in total. The first-order valence-electron chi connectivity index (χ1n) is 3.74. The molecule has 0 saturated carbocycles. The van der Waals surface area contributed by atoms with Crippen LogP contribution in [0.15, 0.2) is 29.3 Å². The molecule has 0 atom stereocenters. The van der Waals surface area contributed by atoms with E-state index < -0.39 is 7.82 Å². The summed E-state index contributed by atoms with van der Waals surface area (Å²) in [5, 5.41) is 0. The van der Waals surface area contributed by atoms with E-state index in [1.165, 1.54) is 30.3 Å². The maximum Gasteiger partial charge on any atom is 0.556 e. The number of benzene rings is 1. The Balaban J connectivity index is 2.10. The van der Waals surface area contributed by atoms with Crippen LogP contribution in [0.3, 0.4) is 0 Å². The largest absolute Gasteiger partial charge is 0.556 e. The van der Waals surface area contributed by atoms with Crippen LogP contribution in [0.5, 0.6) is 5.75 Å². The van der Waals surface area contributed by atoms with Crippen molar-refractivity contribution >= 4 is 31.9 Å². The smallest absolute Gasteiger partial charge is 0.403 e. The van der Waals surface area contributed by atoms with E-state index in [1.807, 2.05) is 0 Å². The number of hydrogen-bond acceptors (Lipinski definition) is 7. The molecule has 15 heavy (non-hydrogen) atoms. The van der Waals surface area contributed by atoms with Gasteiger partial charge in [-0.1, -0.05) is 0 Å². The van der Waals surface area contributed by atoms with Crippen molar-refractivity contribution in [1.82, 2.24) is 0 Å². The number of rotatable bonds is 3. The van der Waals surface area contributed by atoms with Gasteiger partial charge < -0.3 is 4.52 Å². The van der Waals surface area contributed by atoms with Gasteiger partial charge in [0.05, 0.1) is 5.69 Å². The average molecular weight is 245 g/mol. The standard InChI is InChI=1S/C7H4NO5PS/c9-5-8-6-1-3-7(4-2-6)11-14(10)12-15-13-14/h1-4H. The SMILES string of the molecule is O=C=Nc1ccc(OP2(=O)OSO2)cc1. The lowest BCUT2D eigenvalue weighted by atomic mass is 10.3. The first-order chi connectivity index (χ1) is 7.22. The summed E-state index contributed by atoms with van der Waals surface area (Å²) >= 11 is 0.617. The van der Waals surface area contributed by atoms with Gasteiger partial charge in [-0.2, -0.15) is 12.9 Å². The fourth-order valence-corrected chi connectivity index (χ4v) is 2.14. The van der Waals surface area contributed by atoms with Crippen LogP contribution in [-0.2, 0) is 17.3 Å². The Hall–Kier alpha value is -1.10. The molecular weight excluding hydrogens is 241 g/mol. The van der Waals surface area contributed by atoms with Crippen molar-refractivity contribution in [3.8, 4) is 5.75 Å². The summed E-state index contributed by atoms with van der Waals surface area (Å²) < 4.78 is 25.3. The predicted molar refractivity (Wildman–Crippen MR) is 52.2 cm³/mol. The second kappa shape index (κ2) is 4.18. The minimum Gasteiger partial charge on any atom is -0.403 e. The summed E-state index contributed by atoms with van der Waals surface area (Å²) in [4.78, 5) is 13.3. The molecule has 0 aromatic heterocycles. The molecular formula is C7H4NO5PS. The van der Waals surface area contributed by atoms with E-state index in [0.29, 0.717) is 23.8 Å². The van der Waals surface area contributed by atoms with Gasteiger partial charge >= 0.3 is 7.82 Å². The van der Waals surface area contributed by atoms with Crippen molar-refractivity contribution in [2.45, 2.75) is 0 Å². The molecule has 0 spiro atoms. The molecule has 0 bridgehead atoms. The van der Waals surface area contributed by atoms with Crippen LogP contribution in [0.25, 0.3) is 0 Å². The van der Waals surface area contributed by atoms with Crippen LogP contribution in [0.1, 0.15) is 0 Å². The van der Waals surface area contributed by atoms with Crippen LogP contribution in [0, 0.1) is 0 Å². The van der Waals surface area contributed by atoms with Gasteiger partial charge in [-0.25, -0.2) is 9.36 Å². The van der Waals surface area contributed by atoms with Crippen molar-refractivity contribution in [2.24, 2.45) is 4.99 Å². The summed E-state index contributed by atoms with van der Waals surface area (Å²) in [7, 11) is -3.39. The lowest BCUT2D eigenvalue weighted by Gasteiger charge is -2.21. The number of phosphoric acid groups is 1. The second-order valence-electron chi connectivity index (χ2n) is 2.45. The number of nitrogens with zero attached hydrogens (tertiary/aromatic N) is 1. The Labute approximate surface area is 89.3 Å². The normalized spacial score (nSPS) is 17.3. The Morgan fingerprint density at radius 2 is 2.00 bits per heavy atom. The summed E-state index contributed by atoms with van der Waals surface area (Å²) in [6, 6.07) is 6.01. The topological polar surface area (TPSA) is 74.2 Å². The maximum absolute atomic E-state index is 11.3. The maximum atomic E-state index is 11.3. The molecule has 1 heterocycles. The summed E-state index contributed by atoms with van der Waals surface area (Å²) in [5.74, 6) is 0.309.